The summed E-state index contributed by atoms with van der Waals surface area (Å²) in [6.45, 7) is 1.85. The highest BCUT2D eigenvalue weighted by Gasteiger charge is 2.35. The number of sulfonamides is 1. The van der Waals surface area contributed by atoms with E-state index in [2.05, 4.69) is 20.7 Å². The molecule has 1 aliphatic heterocycles. The summed E-state index contributed by atoms with van der Waals surface area (Å²) in [5.74, 6) is -0.829. The fourth-order valence-corrected chi connectivity index (χ4v) is 4.52. The summed E-state index contributed by atoms with van der Waals surface area (Å²) in [6, 6.07) is 3.93. The van der Waals surface area contributed by atoms with Gasteiger partial charge in [-0.2, -0.15) is 4.72 Å². The van der Waals surface area contributed by atoms with Crippen molar-refractivity contribution in [3.63, 3.8) is 0 Å². The fourth-order valence-electron chi connectivity index (χ4n) is 2.10. The number of halogens is 1. The van der Waals surface area contributed by atoms with Crippen molar-refractivity contribution in [1.29, 1.82) is 0 Å². The third kappa shape index (κ3) is 3.33. The number of rotatable bonds is 3. The van der Waals surface area contributed by atoms with Gasteiger partial charge in [0.2, 0.25) is 21.8 Å². The van der Waals surface area contributed by atoms with E-state index in [1.165, 1.54) is 13.1 Å². The molecule has 6 nitrogen and oxygen atoms in total. The Labute approximate surface area is 131 Å². The number of benzene rings is 1. The Morgan fingerprint density at radius 2 is 2.00 bits per heavy atom. The maximum Gasteiger partial charge on any atom is 0.247 e. The van der Waals surface area contributed by atoms with Crippen LogP contribution in [0.1, 0.15) is 18.4 Å². The zero-order chi connectivity index (χ0) is 15.8. The number of carbonyl (C=O) groups is 2. The van der Waals surface area contributed by atoms with E-state index in [9.17, 15) is 18.0 Å². The van der Waals surface area contributed by atoms with Crippen LogP contribution in [0.5, 0.6) is 0 Å². The highest BCUT2D eigenvalue weighted by atomic mass is 79.9. The molecule has 1 fully saturated rings. The Morgan fingerprint density at radius 3 is 2.62 bits per heavy atom. The average Bonchev–Trinajstić information content (AvgIpc) is 2.39. The smallest absolute Gasteiger partial charge is 0.247 e. The monoisotopic (exact) mass is 374 g/mol. The lowest BCUT2D eigenvalue weighted by Gasteiger charge is -2.28. The maximum absolute atomic E-state index is 12.4. The molecule has 114 valence electrons. The lowest BCUT2D eigenvalue weighted by atomic mass is 10.1. The van der Waals surface area contributed by atoms with Gasteiger partial charge in [-0.05, 0) is 47.0 Å². The molecule has 8 heteroatoms. The largest absolute Gasteiger partial charge is 0.284 e. The standard InChI is InChI=1S/C13H15BrN2O4S/c1-8-3-5-11(9(14)7-8)21(19,20)15-10-4-6-12(17)16(2)13(10)18/h3,5,7,10,15H,4,6H2,1-2H3. The SMILES string of the molecule is Cc1ccc(S(=O)(=O)NC2CCC(=O)N(C)C2=O)c(Br)c1. The van der Waals surface area contributed by atoms with E-state index >= 15 is 0 Å². The van der Waals surface area contributed by atoms with Crippen molar-refractivity contribution < 1.29 is 18.0 Å². The van der Waals surface area contributed by atoms with Gasteiger partial charge in [0.1, 0.15) is 6.04 Å². The minimum atomic E-state index is -3.84. The van der Waals surface area contributed by atoms with Crippen molar-refractivity contribution in [3.05, 3.63) is 28.2 Å². The molecule has 1 aromatic carbocycles. The molecule has 0 aromatic heterocycles. The summed E-state index contributed by atoms with van der Waals surface area (Å²) in [6.07, 6.45) is 0.315. The van der Waals surface area contributed by atoms with Crippen molar-refractivity contribution >= 4 is 37.8 Å². The van der Waals surface area contributed by atoms with Crippen LogP contribution < -0.4 is 4.72 Å². The molecule has 0 saturated carbocycles. The molecule has 1 heterocycles. The van der Waals surface area contributed by atoms with Crippen LogP contribution in [-0.2, 0) is 19.6 Å². The lowest BCUT2D eigenvalue weighted by molar-refractivity contribution is -0.147. The van der Waals surface area contributed by atoms with Crippen molar-refractivity contribution in [2.75, 3.05) is 7.05 Å². The number of imide groups is 1. The van der Waals surface area contributed by atoms with Gasteiger partial charge in [-0.15, -0.1) is 0 Å². The quantitative estimate of drug-likeness (QED) is 0.805. The van der Waals surface area contributed by atoms with Gasteiger partial charge in [0.05, 0.1) is 4.90 Å². The van der Waals surface area contributed by atoms with Gasteiger partial charge >= 0.3 is 0 Å². The number of nitrogens with zero attached hydrogens (tertiary/aromatic N) is 1. The van der Waals surface area contributed by atoms with Crippen molar-refractivity contribution in [3.8, 4) is 0 Å². The normalized spacial score (nSPS) is 20.0. The van der Waals surface area contributed by atoms with Crippen molar-refractivity contribution in [1.82, 2.24) is 9.62 Å². The highest BCUT2D eigenvalue weighted by Crippen LogP contribution is 2.24. The molecule has 1 N–H and O–H groups in total. The number of likely N-dealkylation sites (tertiary alicyclic amines) is 1. The first-order valence-corrected chi connectivity index (χ1v) is 8.59. The first kappa shape index (κ1) is 16.1. The molecule has 1 aromatic rings. The van der Waals surface area contributed by atoms with E-state index in [4.69, 9.17) is 0 Å². The minimum Gasteiger partial charge on any atom is -0.284 e. The Hall–Kier alpha value is -1.25. The van der Waals surface area contributed by atoms with E-state index in [1.807, 2.05) is 6.92 Å². The van der Waals surface area contributed by atoms with E-state index in [0.29, 0.717) is 4.47 Å². The maximum atomic E-state index is 12.4. The average molecular weight is 375 g/mol. The molecule has 1 atom stereocenters. The number of likely N-dealkylation sites (N-methyl/N-ethyl adjacent to an activating group) is 1. The van der Waals surface area contributed by atoms with E-state index in [0.717, 1.165) is 10.5 Å². The van der Waals surface area contributed by atoms with Gasteiger partial charge in [0, 0.05) is 17.9 Å². The second-order valence-electron chi connectivity index (χ2n) is 4.94. The summed E-state index contributed by atoms with van der Waals surface area (Å²) >= 11 is 3.22. The van der Waals surface area contributed by atoms with Crippen LogP contribution >= 0.6 is 15.9 Å². The first-order valence-electron chi connectivity index (χ1n) is 6.31. The molecule has 1 saturated heterocycles. The van der Waals surface area contributed by atoms with Crippen molar-refractivity contribution in [2.24, 2.45) is 0 Å². The molecule has 0 spiro atoms. The molecule has 0 radical (unpaired) electrons. The lowest BCUT2D eigenvalue weighted by Crippen LogP contribution is -2.52. The third-order valence-electron chi connectivity index (χ3n) is 3.32. The Morgan fingerprint density at radius 1 is 1.33 bits per heavy atom. The van der Waals surface area contributed by atoms with Crippen molar-refractivity contribution in [2.45, 2.75) is 30.7 Å². The van der Waals surface area contributed by atoms with Crippen LogP contribution in [0.25, 0.3) is 0 Å². The highest BCUT2D eigenvalue weighted by molar-refractivity contribution is 9.10. The van der Waals surface area contributed by atoms with Crippen LogP contribution in [0.4, 0.5) is 0 Å². The number of amides is 2. The number of hydrogen-bond acceptors (Lipinski definition) is 4. The van der Waals surface area contributed by atoms with Crippen LogP contribution in [0.15, 0.2) is 27.6 Å². The third-order valence-corrected chi connectivity index (χ3v) is 5.77. The van der Waals surface area contributed by atoms with Crippen LogP contribution in [0.2, 0.25) is 0 Å². The molecule has 1 unspecified atom stereocenters. The van der Waals surface area contributed by atoms with Gasteiger partial charge in [0.25, 0.3) is 0 Å². The zero-order valence-electron chi connectivity index (χ0n) is 11.6. The fraction of sp³-hybridized carbons (Fsp3) is 0.385. The topological polar surface area (TPSA) is 83.6 Å². The predicted molar refractivity (Wildman–Crippen MR) is 80.0 cm³/mol. The molecule has 0 aliphatic carbocycles. The number of nitrogens with one attached hydrogen (secondary N) is 1. The second kappa shape index (κ2) is 5.86. The molecular weight excluding hydrogens is 360 g/mol. The molecule has 2 amide bonds. The number of carbonyl (C=O) groups excluding carboxylic acids is 2. The van der Waals surface area contributed by atoms with Gasteiger partial charge < -0.3 is 0 Å². The van der Waals surface area contributed by atoms with E-state index < -0.39 is 22.0 Å². The molecule has 21 heavy (non-hydrogen) atoms. The van der Waals surface area contributed by atoms with Crippen LogP contribution in [0, 0.1) is 6.92 Å². The van der Waals surface area contributed by atoms with Gasteiger partial charge in [-0.25, -0.2) is 8.42 Å². The summed E-state index contributed by atoms with van der Waals surface area (Å²) in [5.41, 5.74) is 0.917. The number of aryl methyl sites for hydroxylation is 1. The second-order valence-corrected chi connectivity index (χ2v) is 7.47. The Balaban J connectivity index is 2.25. The molecule has 2 rings (SSSR count). The Bertz CT molecular complexity index is 702. The van der Waals surface area contributed by atoms with E-state index in [-0.39, 0.29) is 23.6 Å². The van der Waals surface area contributed by atoms with Gasteiger partial charge in [-0.1, -0.05) is 6.07 Å². The number of piperidine rings is 1. The minimum absolute atomic E-state index is 0.0699. The van der Waals surface area contributed by atoms with Crippen LogP contribution in [0.3, 0.4) is 0 Å². The molecule has 0 bridgehead atoms. The summed E-state index contributed by atoms with van der Waals surface area (Å²) in [4.78, 5) is 24.4. The summed E-state index contributed by atoms with van der Waals surface area (Å²) < 4.78 is 27.5. The molecule has 1 aliphatic rings. The Kier molecular flexibility index (Phi) is 4.50. The zero-order valence-corrected chi connectivity index (χ0v) is 14.0. The van der Waals surface area contributed by atoms with Gasteiger partial charge in [-0.3, -0.25) is 14.5 Å². The molecular formula is C13H15BrN2O4S. The predicted octanol–water partition coefficient (Wildman–Crippen LogP) is 1.18. The first-order chi connectivity index (χ1) is 9.72. The summed E-state index contributed by atoms with van der Waals surface area (Å²) in [5, 5.41) is 0. The van der Waals surface area contributed by atoms with Gasteiger partial charge in [0.15, 0.2) is 0 Å². The van der Waals surface area contributed by atoms with Crippen LogP contribution in [-0.4, -0.2) is 38.2 Å². The number of hydrogen-bond donors (Lipinski definition) is 1. The summed E-state index contributed by atoms with van der Waals surface area (Å²) in [7, 11) is -2.48. The van der Waals surface area contributed by atoms with E-state index in [1.54, 1.807) is 12.1 Å².